The van der Waals surface area contributed by atoms with Crippen molar-refractivity contribution in [3.05, 3.63) is 77.6 Å². The molecule has 0 aliphatic carbocycles. The van der Waals surface area contributed by atoms with E-state index in [2.05, 4.69) is 31.0 Å². The molecule has 4 rings (SSSR count). The molecule has 2 aromatic carbocycles. The van der Waals surface area contributed by atoms with E-state index in [9.17, 15) is 4.79 Å². The number of amides is 1. The van der Waals surface area contributed by atoms with Crippen LogP contribution in [0.3, 0.4) is 0 Å². The number of pyridine rings is 1. The van der Waals surface area contributed by atoms with E-state index in [1.165, 1.54) is 11.1 Å². The van der Waals surface area contributed by atoms with E-state index in [4.69, 9.17) is 9.72 Å². The zero-order valence-electron chi connectivity index (χ0n) is 18.4. The highest BCUT2D eigenvalue weighted by molar-refractivity contribution is 7.99. The largest absolute Gasteiger partial charge is 0.497 e. The summed E-state index contributed by atoms with van der Waals surface area (Å²) in [5, 5.41) is 0.730. The highest BCUT2D eigenvalue weighted by Gasteiger charge is 2.20. The van der Waals surface area contributed by atoms with Gasteiger partial charge in [0.15, 0.2) is 5.13 Å². The Bertz CT molecular complexity index is 1170. The molecule has 7 heteroatoms. The van der Waals surface area contributed by atoms with Gasteiger partial charge in [-0.3, -0.25) is 14.7 Å². The van der Waals surface area contributed by atoms with Crippen LogP contribution < -0.4 is 9.64 Å². The topological polar surface area (TPSA) is 55.3 Å². The van der Waals surface area contributed by atoms with Crippen LogP contribution in [0.15, 0.2) is 65.8 Å². The van der Waals surface area contributed by atoms with E-state index in [0.29, 0.717) is 18.7 Å². The molecular formula is C25H25N3O2S2. The number of carbonyl (C=O) groups excluding carboxylic acids is 1. The Labute approximate surface area is 196 Å². The molecule has 0 unspecified atom stereocenters. The Morgan fingerprint density at radius 1 is 1.12 bits per heavy atom. The van der Waals surface area contributed by atoms with Crippen LogP contribution in [0.5, 0.6) is 5.75 Å². The van der Waals surface area contributed by atoms with Crippen LogP contribution in [0.2, 0.25) is 0 Å². The van der Waals surface area contributed by atoms with Crippen LogP contribution in [0.25, 0.3) is 10.2 Å². The Morgan fingerprint density at radius 3 is 2.62 bits per heavy atom. The fourth-order valence-corrected chi connectivity index (χ4v) is 5.19. The number of methoxy groups -OCH3 is 1. The minimum Gasteiger partial charge on any atom is -0.497 e. The first-order valence-corrected chi connectivity index (χ1v) is 12.2. The maximum atomic E-state index is 13.3. The fourth-order valence-electron chi connectivity index (χ4n) is 3.28. The normalized spacial score (nSPS) is 11.0. The van der Waals surface area contributed by atoms with E-state index in [1.807, 2.05) is 36.4 Å². The van der Waals surface area contributed by atoms with Gasteiger partial charge in [0, 0.05) is 29.5 Å². The quantitative estimate of drug-likeness (QED) is 0.299. The summed E-state index contributed by atoms with van der Waals surface area (Å²) >= 11 is 3.23. The van der Waals surface area contributed by atoms with Crippen molar-refractivity contribution in [2.45, 2.75) is 31.7 Å². The molecule has 0 saturated carbocycles. The third-order valence-corrected chi connectivity index (χ3v) is 7.29. The lowest BCUT2D eigenvalue weighted by Crippen LogP contribution is -2.30. The van der Waals surface area contributed by atoms with Crippen molar-refractivity contribution in [2.75, 3.05) is 17.8 Å². The lowest BCUT2D eigenvalue weighted by atomic mass is 10.1. The molecule has 0 aliphatic heterocycles. The van der Waals surface area contributed by atoms with Gasteiger partial charge in [0.25, 0.3) is 0 Å². The van der Waals surface area contributed by atoms with Gasteiger partial charge in [-0.05, 0) is 73.0 Å². The van der Waals surface area contributed by atoms with Gasteiger partial charge >= 0.3 is 0 Å². The number of thiazole rings is 1. The number of hydrogen-bond acceptors (Lipinski definition) is 6. The number of carbonyl (C=O) groups is 1. The molecule has 4 aromatic rings. The smallest absolute Gasteiger partial charge is 0.229 e. The first-order chi connectivity index (χ1) is 15.5. The van der Waals surface area contributed by atoms with Gasteiger partial charge in [0.1, 0.15) is 5.75 Å². The molecule has 0 saturated heterocycles. The Balaban J connectivity index is 1.52. The Morgan fingerprint density at radius 2 is 1.91 bits per heavy atom. The molecule has 0 radical (unpaired) electrons. The zero-order valence-corrected chi connectivity index (χ0v) is 20.0. The summed E-state index contributed by atoms with van der Waals surface area (Å²) in [5.41, 5.74) is 4.35. The van der Waals surface area contributed by atoms with Gasteiger partial charge in [-0.15, -0.1) is 11.8 Å². The van der Waals surface area contributed by atoms with Crippen LogP contribution in [0.4, 0.5) is 5.13 Å². The van der Waals surface area contributed by atoms with Crippen molar-refractivity contribution in [1.29, 1.82) is 0 Å². The number of nitrogens with zero attached hydrogens (tertiary/aromatic N) is 3. The van der Waals surface area contributed by atoms with Crippen LogP contribution in [0.1, 0.15) is 23.1 Å². The van der Waals surface area contributed by atoms with E-state index >= 15 is 0 Å². The Kier molecular flexibility index (Phi) is 7.07. The number of anilines is 1. The molecule has 0 spiro atoms. The maximum absolute atomic E-state index is 13.3. The summed E-state index contributed by atoms with van der Waals surface area (Å²) in [4.78, 5) is 25.2. The lowest BCUT2D eigenvalue weighted by Gasteiger charge is -2.20. The SMILES string of the molecule is COc1ccc(SCCC(=O)N(Cc2cccnc2)c2nc3cc(C)c(C)cc3s2)cc1. The summed E-state index contributed by atoms with van der Waals surface area (Å²) in [6, 6.07) is 16.0. The molecule has 0 bridgehead atoms. The van der Waals surface area contributed by atoms with Gasteiger partial charge in [-0.2, -0.15) is 0 Å². The third kappa shape index (κ3) is 5.29. The van der Waals surface area contributed by atoms with E-state index in [0.717, 1.165) is 31.6 Å². The summed E-state index contributed by atoms with van der Waals surface area (Å²) in [7, 11) is 1.66. The van der Waals surface area contributed by atoms with Crippen molar-refractivity contribution in [2.24, 2.45) is 0 Å². The average Bonchev–Trinajstić information content (AvgIpc) is 3.21. The highest BCUT2D eigenvalue weighted by Crippen LogP contribution is 2.32. The number of fused-ring (bicyclic) bond motifs is 1. The summed E-state index contributed by atoms with van der Waals surface area (Å²) in [6.45, 7) is 4.64. The molecule has 164 valence electrons. The maximum Gasteiger partial charge on any atom is 0.229 e. The molecule has 5 nitrogen and oxygen atoms in total. The number of ether oxygens (including phenoxy) is 1. The monoisotopic (exact) mass is 463 g/mol. The number of thioether (sulfide) groups is 1. The molecular weight excluding hydrogens is 438 g/mol. The molecule has 0 aliphatic rings. The van der Waals surface area contributed by atoms with Crippen molar-refractivity contribution < 1.29 is 9.53 Å². The third-order valence-electron chi connectivity index (χ3n) is 5.23. The van der Waals surface area contributed by atoms with Crippen molar-refractivity contribution in [3.63, 3.8) is 0 Å². The van der Waals surface area contributed by atoms with Crippen LogP contribution in [-0.2, 0) is 11.3 Å². The summed E-state index contributed by atoms with van der Waals surface area (Å²) in [5.74, 6) is 1.58. The molecule has 32 heavy (non-hydrogen) atoms. The van der Waals surface area contributed by atoms with E-state index < -0.39 is 0 Å². The first-order valence-electron chi connectivity index (χ1n) is 10.4. The van der Waals surface area contributed by atoms with Crippen molar-refractivity contribution in [3.8, 4) is 5.75 Å². The van der Waals surface area contributed by atoms with Gasteiger partial charge in [0.2, 0.25) is 5.91 Å². The van der Waals surface area contributed by atoms with Gasteiger partial charge in [-0.1, -0.05) is 17.4 Å². The molecule has 1 amide bonds. The van der Waals surface area contributed by atoms with E-state index in [1.54, 1.807) is 47.5 Å². The average molecular weight is 464 g/mol. The van der Waals surface area contributed by atoms with Crippen LogP contribution in [0, 0.1) is 13.8 Å². The van der Waals surface area contributed by atoms with Crippen LogP contribution >= 0.6 is 23.1 Å². The van der Waals surface area contributed by atoms with Crippen LogP contribution in [-0.4, -0.2) is 28.7 Å². The fraction of sp³-hybridized carbons (Fsp3) is 0.240. The van der Waals surface area contributed by atoms with Gasteiger partial charge in [-0.25, -0.2) is 4.98 Å². The summed E-state index contributed by atoms with van der Waals surface area (Å²) in [6.07, 6.45) is 3.96. The molecule has 0 atom stereocenters. The second-order valence-corrected chi connectivity index (χ2v) is 9.69. The predicted octanol–water partition coefficient (Wildman–Crippen LogP) is 6.03. The number of hydrogen-bond donors (Lipinski definition) is 0. The molecule has 0 fully saturated rings. The second-order valence-electron chi connectivity index (χ2n) is 7.52. The molecule has 2 aromatic heterocycles. The number of rotatable bonds is 8. The zero-order chi connectivity index (χ0) is 22.5. The van der Waals surface area contributed by atoms with Gasteiger partial charge in [0.05, 0.1) is 23.9 Å². The number of aryl methyl sites for hydroxylation is 2. The minimum absolute atomic E-state index is 0.0577. The molecule has 2 heterocycles. The lowest BCUT2D eigenvalue weighted by molar-refractivity contribution is -0.118. The number of benzene rings is 2. The summed E-state index contributed by atoms with van der Waals surface area (Å²) < 4.78 is 6.30. The molecule has 0 N–H and O–H groups in total. The predicted molar refractivity (Wildman–Crippen MR) is 133 cm³/mol. The first kappa shape index (κ1) is 22.3. The van der Waals surface area contributed by atoms with Crippen molar-refractivity contribution >= 4 is 44.4 Å². The highest BCUT2D eigenvalue weighted by atomic mass is 32.2. The van der Waals surface area contributed by atoms with Gasteiger partial charge < -0.3 is 4.74 Å². The standard InChI is InChI=1S/C25H25N3O2S2/c1-17-13-22-23(14-18(17)2)32-25(27-22)28(16-19-5-4-11-26-15-19)24(29)10-12-31-21-8-6-20(30-3)7-9-21/h4-9,11,13-15H,10,12,16H2,1-3H3. The van der Waals surface area contributed by atoms with Crippen molar-refractivity contribution in [1.82, 2.24) is 9.97 Å². The number of aromatic nitrogens is 2. The second kappa shape index (κ2) is 10.1. The minimum atomic E-state index is 0.0577. The Hall–Kier alpha value is -2.90. The van der Waals surface area contributed by atoms with E-state index in [-0.39, 0.29) is 5.91 Å².